The molecule has 1 aromatic rings. The summed E-state index contributed by atoms with van der Waals surface area (Å²) >= 11 is 0. The molecule has 1 N–H and O–H groups in total. The van der Waals surface area contributed by atoms with Crippen LogP contribution in [-0.2, 0) is 5.60 Å². The number of nitrogens with zero attached hydrogens (tertiary/aromatic N) is 1. The first-order chi connectivity index (χ1) is 5.41. The molecule has 0 saturated carbocycles. The van der Waals surface area contributed by atoms with Gasteiger partial charge in [-0.2, -0.15) is 0 Å². The summed E-state index contributed by atoms with van der Waals surface area (Å²) in [7, 11) is 0. The summed E-state index contributed by atoms with van der Waals surface area (Å²) in [5.74, 6) is 0.938. The predicted octanol–water partition coefficient (Wildman–Crippen LogP) is 2.03. The van der Waals surface area contributed by atoms with Crippen molar-refractivity contribution in [1.82, 2.24) is 4.98 Å². The maximum absolute atomic E-state index is 9.56. The Kier molecular flexibility index (Phi) is 2.24. The number of aliphatic hydroxyl groups is 1. The molecular weight excluding hydrogens is 154 g/mol. The van der Waals surface area contributed by atoms with E-state index < -0.39 is 5.60 Å². The zero-order valence-corrected chi connectivity index (χ0v) is 7.96. The van der Waals surface area contributed by atoms with E-state index >= 15 is 0 Å². The second kappa shape index (κ2) is 2.90. The van der Waals surface area contributed by atoms with Crippen molar-refractivity contribution in [2.24, 2.45) is 0 Å². The molecule has 0 amide bonds. The van der Waals surface area contributed by atoms with Crippen molar-refractivity contribution < 1.29 is 9.52 Å². The van der Waals surface area contributed by atoms with E-state index in [9.17, 15) is 5.11 Å². The summed E-state index contributed by atoms with van der Waals surface area (Å²) in [5, 5.41) is 9.56. The van der Waals surface area contributed by atoms with Crippen molar-refractivity contribution in [2.75, 3.05) is 0 Å². The third-order valence-electron chi connectivity index (χ3n) is 1.64. The van der Waals surface area contributed by atoms with Crippen molar-refractivity contribution in [3.8, 4) is 0 Å². The van der Waals surface area contributed by atoms with Crippen LogP contribution in [0.1, 0.15) is 45.2 Å². The second-order valence-corrected chi connectivity index (χ2v) is 3.78. The van der Waals surface area contributed by atoms with E-state index in [1.165, 1.54) is 6.26 Å². The maximum atomic E-state index is 9.56. The SMILES string of the molecule is CC(C)c1nc(C(C)(C)O)co1. The minimum atomic E-state index is -0.906. The zero-order chi connectivity index (χ0) is 9.35. The lowest BCUT2D eigenvalue weighted by molar-refractivity contribution is 0.0737. The minimum Gasteiger partial charge on any atom is -0.448 e. The van der Waals surface area contributed by atoms with Gasteiger partial charge in [-0.3, -0.25) is 0 Å². The van der Waals surface area contributed by atoms with Crippen molar-refractivity contribution in [3.63, 3.8) is 0 Å². The molecule has 1 heterocycles. The molecule has 1 aromatic heterocycles. The van der Waals surface area contributed by atoms with Gasteiger partial charge in [-0.25, -0.2) is 4.98 Å². The van der Waals surface area contributed by atoms with Gasteiger partial charge < -0.3 is 9.52 Å². The fraction of sp³-hybridized carbons (Fsp3) is 0.667. The van der Waals surface area contributed by atoms with E-state index in [0.717, 1.165) is 0 Å². The topological polar surface area (TPSA) is 46.3 Å². The molecule has 0 spiro atoms. The average molecular weight is 169 g/mol. The van der Waals surface area contributed by atoms with Crippen LogP contribution in [0.25, 0.3) is 0 Å². The van der Waals surface area contributed by atoms with E-state index in [1.807, 2.05) is 13.8 Å². The van der Waals surface area contributed by atoms with E-state index in [0.29, 0.717) is 11.6 Å². The lowest BCUT2D eigenvalue weighted by Crippen LogP contribution is -2.15. The van der Waals surface area contributed by atoms with Gasteiger partial charge in [0.25, 0.3) is 0 Å². The lowest BCUT2D eigenvalue weighted by Gasteiger charge is -2.11. The summed E-state index contributed by atoms with van der Waals surface area (Å²) < 4.78 is 5.18. The third kappa shape index (κ3) is 1.85. The Morgan fingerprint density at radius 3 is 2.33 bits per heavy atom. The molecule has 0 aliphatic carbocycles. The minimum absolute atomic E-state index is 0.265. The van der Waals surface area contributed by atoms with Crippen LogP contribution in [0.3, 0.4) is 0 Å². The van der Waals surface area contributed by atoms with Crippen molar-refractivity contribution in [2.45, 2.75) is 39.2 Å². The average Bonchev–Trinajstić information content (AvgIpc) is 2.30. The first kappa shape index (κ1) is 9.26. The summed E-state index contributed by atoms with van der Waals surface area (Å²) in [6.07, 6.45) is 1.51. The molecule has 3 heteroatoms. The van der Waals surface area contributed by atoms with Crippen LogP contribution in [0.2, 0.25) is 0 Å². The molecule has 0 aliphatic rings. The summed E-state index contributed by atoms with van der Waals surface area (Å²) in [6, 6.07) is 0. The van der Waals surface area contributed by atoms with Gasteiger partial charge >= 0.3 is 0 Å². The number of aromatic nitrogens is 1. The zero-order valence-electron chi connectivity index (χ0n) is 7.96. The Labute approximate surface area is 72.4 Å². The van der Waals surface area contributed by atoms with Gasteiger partial charge in [-0.05, 0) is 13.8 Å². The van der Waals surface area contributed by atoms with Crippen LogP contribution in [0.15, 0.2) is 10.7 Å². The Morgan fingerprint density at radius 2 is 2.08 bits per heavy atom. The molecule has 0 aliphatic heterocycles. The van der Waals surface area contributed by atoms with Gasteiger partial charge in [0.2, 0.25) is 0 Å². The lowest BCUT2D eigenvalue weighted by atomic mass is 10.1. The largest absolute Gasteiger partial charge is 0.448 e. The summed E-state index contributed by atoms with van der Waals surface area (Å²) in [4.78, 5) is 4.16. The van der Waals surface area contributed by atoms with Crippen LogP contribution in [0, 0.1) is 0 Å². The van der Waals surface area contributed by atoms with E-state index in [2.05, 4.69) is 4.98 Å². The molecule has 0 aromatic carbocycles. The molecule has 0 saturated heterocycles. The van der Waals surface area contributed by atoms with Crippen molar-refractivity contribution >= 4 is 0 Å². The van der Waals surface area contributed by atoms with Gasteiger partial charge in [-0.15, -0.1) is 0 Å². The van der Waals surface area contributed by atoms with Gasteiger partial charge in [0.05, 0.1) is 0 Å². The molecule has 0 fully saturated rings. The van der Waals surface area contributed by atoms with E-state index in [1.54, 1.807) is 13.8 Å². The molecule has 0 bridgehead atoms. The number of hydrogen-bond donors (Lipinski definition) is 1. The van der Waals surface area contributed by atoms with Gasteiger partial charge in [-0.1, -0.05) is 13.8 Å². The number of rotatable bonds is 2. The maximum Gasteiger partial charge on any atom is 0.196 e. The summed E-state index contributed by atoms with van der Waals surface area (Å²) in [6.45, 7) is 7.38. The quantitative estimate of drug-likeness (QED) is 0.736. The van der Waals surface area contributed by atoms with Gasteiger partial charge in [0.1, 0.15) is 17.6 Å². The van der Waals surface area contributed by atoms with Crippen LogP contribution >= 0.6 is 0 Å². The molecule has 0 radical (unpaired) electrons. The first-order valence-corrected chi connectivity index (χ1v) is 4.09. The Hall–Kier alpha value is -0.830. The first-order valence-electron chi connectivity index (χ1n) is 4.09. The van der Waals surface area contributed by atoms with Crippen LogP contribution in [0.4, 0.5) is 0 Å². The highest BCUT2D eigenvalue weighted by Crippen LogP contribution is 2.21. The molecular formula is C9H15NO2. The molecule has 3 nitrogen and oxygen atoms in total. The van der Waals surface area contributed by atoms with E-state index in [-0.39, 0.29) is 5.92 Å². The molecule has 0 atom stereocenters. The second-order valence-electron chi connectivity index (χ2n) is 3.78. The Morgan fingerprint density at radius 1 is 1.50 bits per heavy atom. The predicted molar refractivity (Wildman–Crippen MR) is 45.8 cm³/mol. The van der Waals surface area contributed by atoms with Gasteiger partial charge in [0, 0.05) is 5.92 Å². The highest BCUT2D eigenvalue weighted by Gasteiger charge is 2.21. The standard InChI is InChI=1S/C9H15NO2/c1-6(2)8-10-7(5-12-8)9(3,4)11/h5-6,11H,1-4H3. The highest BCUT2D eigenvalue weighted by molar-refractivity contribution is 5.06. The van der Waals surface area contributed by atoms with Crippen LogP contribution in [-0.4, -0.2) is 10.1 Å². The summed E-state index contributed by atoms with van der Waals surface area (Å²) in [5.41, 5.74) is -0.317. The van der Waals surface area contributed by atoms with Crippen molar-refractivity contribution in [3.05, 3.63) is 17.8 Å². The Balaban J connectivity index is 2.92. The molecule has 12 heavy (non-hydrogen) atoms. The smallest absolute Gasteiger partial charge is 0.196 e. The fourth-order valence-electron chi connectivity index (χ4n) is 0.834. The van der Waals surface area contributed by atoms with E-state index in [4.69, 9.17) is 4.42 Å². The highest BCUT2D eigenvalue weighted by atomic mass is 16.3. The van der Waals surface area contributed by atoms with Crippen LogP contribution < -0.4 is 0 Å². The van der Waals surface area contributed by atoms with Gasteiger partial charge in [0.15, 0.2) is 5.89 Å². The third-order valence-corrected chi connectivity index (χ3v) is 1.64. The number of oxazole rings is 1. The molecule has 68 valence electrons. The Bertz CT molecular complexity index is 258. The van der Waals surface area contributed by atoms with Crippen LogP contribution in [0.5, 0.6) is 0 Å². The fourth-order valence-corrected chi connectivity index (χ4v) is 0.834. The van der Waals surface area contributed by atoms with Crippen molar-refractivity contribution in [1.29, 1.82) is 0 Å². The normalized spacial score (nSPS) is 12.5. The monoisotopic (exact) mass is 169 g/mol. The number of hydrogen-bond acceptors (Lipinski definition) is 3. The molecule has 0 unspecified atom stereocenters. The molecule has 1 rings (SSSR count).